The number of benzene rings is 1. The summed E-state index contributed by atoms with van der Waals surface area (Å²) in [6, 6.07) is 9.99. The van der Waals surface area contributed by atoms with E-state index in [0.717, 1.165) is 25.1 Å². The van der Waals surface area contributed by atoms with Gasteiger partial charge in [0.25, 0.3) is 0 Å². The zero-order valence-corrected chi connectivity index (χ0v) is 16.8. The summed E-state index contributed by atoms with van der Waals surface area (Å²) in [5.74, 6) is 2.05. The van der Waals surface area contributed by atoms with Gasteiger partial charge in [-0.15, -0.1) is 0 Å². The highest BCUT2D eigenvalue weighted by Gasteiger charge is 2.24. The van der Waals surface area contributed by atoms with E-state index in [-0.39, 0.29) is 12.3 Å². The van der Waals surface area contributed by atoms with Crippen LogP contribution in [0.1, 0.15) is 23.9 Å². The standard InChI is InChI=1S/C22H25N5O2/c1-3-17-5-7-18(8-6-17)21-25-19(16(2)29-21)15-20(28)26-11-13-27(14-12-26)22-23-9-4-10-24-22/h4-10H,3,11-15H2,1-2H3. The first-order chi connectivity index (χ1) is 14.1. The van der Waals surface area contributed by atoms with Gasteiger partial charge in [0.1, 0.15) is 5.76 Å². The zero-order valence-electron chi connectivity index (χ0n) is 16.8. The van der Waals surface area contributed by atoms with Crippen LogP contribution in [0.2, 0.25) is 0 Å². The van der Waals surface area contributed by atoms with E-state index in [1.807, 2.05) is 24.0 Å². The maximum atomic E-state index is 12.8. The van der Waals surface area contributed by atoms with Crippen LogP contribution in [0.3, 0.4) is 0 Å². The van der Waals surface area contributed by atoms with Crippen molar-refractivity contribution in [1.82, 2.24) is 19.9 Å². The van der Waals surface area contributed by atoms with Crippen LogP contribution in [0.5, 0.6) is 0 Å². The van der Waals surface area contributed by atoms with Crippen molar-refractivity contribution in [2.24, 2.45) is 0 Å². The molecule has 0 aliphatic carbocycles. The number of hydrogen-bond acceptors (Lipinski definition) is 6. The topological polar surface area (TPSA) is 75.4 Å². The first kappa shape index (κ1) is 19.1. The van der Waals surface area contributed by atoms with Gasteiger partial charge in [0.05, 0.1) is 12.1 Å². The van der Waals surface area contributed by atoms with Crippen molar-refractivity contribution in [3.8, 4) is 11.5 Å². The molecule has 0 saturated carbocycles. The molecule has 0 bridgehead atoms. The fourth-order valence-corrected chi connectivity index (χ4v) is 3.46. The number of rotatable bonds is 5. The molecule has 0 N–H and O–H groups in total. The maximum absolute atomic E-state index is 12.8. The number of hydrogen-bond donors (Lipinski definition) is 0. The van der Waals surface area contributed by atoms with Gasteiger partial charge in [-0.3, -0.25) is 4.79 Å². The highest BCUT2D eigenvalue weighted by Crippen LogP contribution is 2.23. The molecule has 1 aliphatic rings. The Morgan fingerprint density at radius 2 is 1.76 bits per heavy atom. The Bertz CT molecular complexity index is 961. The molecule has 0 unspecified atom stereocenters. The molecule has 1 amide bonds. The third kappa shape index (κ3) is 4.29. The van der Waals surface area contributed by atoms with E-state index >= 15 is 0 Å². The molecule has 1 fully saturated rings. The Morgan fingerprint density at radius 1 is 1.07 bits per heavy atom. The van der Waals surface area contributed by atoms with Crippen LogP contribution in [0, 0.1) is 6.92 Å². The summed E-state index contributed by atoms with van der Waals surface area (Å²) in [6.07, 6.45) is 4.72. The van der Waals surface area contributed by atoms with Crippen LogP contribution in [0.25, 0.3) is 11.5 Å². The molecule has 0 spiro atoms. The van der Waals surface area contributed by atoms with E-state index in [0.29, 0.717) is 36.4 Å². The van der Waals surface area contributed by atoms with Gasteiger partial charge in [-0.05, 0) is 37.1 Å². The molecule has 150 valence electrons. The van der Waals surface area contributed by atoms with Crippen LogP contribution in [-0.2, 0) is 17.6 Å². The average Bonchev–Trinajstić information content (AvgIpc) is 3.14. The molecule has 3 heterocycles. The molecule has 2 aromatic heterocycles. The van der Waals surface area contributed by atoms with Gasteiger partial charge in [-0.1, -0.05) is 19.1 Å². The van der Waals surface area contributed by atoms with E-state index in [9.17, 15) is 4.79 Å². The molecular weight excluding hydrogens is 366 g/mol. The Morgan fingerprint density at radius 3 is 2.41 bits per heavy atom. The fraction of sp³-hybridized carbons (Fsp3) is 0.364. The molecule has 0 atom stereocenters. The molecule has 0 radical (unpaired) electrons. The van der Waals surface area contributed by atoms with Crippen LogP contribution in [-0.4, -0.2) is 51.9 Å². The van der Waals surface area contributed by atoms with Crippen molar-refractivity contribution < 1.29 is 9.21 Å². The molecule has 1 aromatic carbocycles. The van der Waals surface area contributed by atoms with Crippen molar-refractivity contribution in [2.75, 3.05) is 31.1 Å². The smallest absolute Gasteiger partial charge is 0.228 e. The van der Waals surface area contributed by atoms with E-state index in [1.165, 1.54) is 5.56 Å². The third-order valence-corrected chi connectivity index (χ3v) is 5.29. The monoisotopic (exact) mass is 391 g/mol. The summed E-state index contributed by atoms with van der Waals surface area (Å²) in [7, 11) is 0. The van der Waals surface area contributed by atoms with E-state index in [2.05, 4.69) is 38.9 Å². The number of anilines is 1. The number of aromatic nitrogens is 3. The van der Waals surface area contributed by atoms with Crippen molar-refractivity contribution in [3.63, 3.8) is 0 Å². The summed E-state index contributed by atoms with van der Waals surface area (Å²) in [4.78, 5) is 29.9. The van der Waals surface area contributed by atoms with Gasteiger partial charge in [0.2, 0.25) is 17.7 Å². The number of amides is 1. The van der Waals surface area contributed by atoms with Crippen molar-refractivity contribution in [1.29, 1.82) is 0 Å². The lowest BCUT2D eigenvalue weighted by Gasteiger charge is -2.34. The van der Waals surface area contributed by atoms with Crippen LogP contribution in [0.15, 0.2) is 47.1 Å². The van der Waals surface area contributed by atoms with Crippen LogP contribution >= 0.6 is 0 Å². The third-order valence-electron chi connectivity index (χ3n) is 5.29. The highest BCUT2D eigenvalue weighted by atomic mass is 16.4. The maximum Gasteiger partial charge on any atom is 0.228 e. The summed E-state index contributed by atoms with van der Waals surface area (Å²) >= 11 is 0. The number of nitrogens with zero attached hydrogens (tertiary/aromatic N) is 5. The van der Waals surface area contributed by atoms with E-state index in [1.54, 1.807) is 18.5 Å². The predicted molar refractivity (Wildman–Crippen MR) is 111 cm³/mol. The summed E-state index contributed by atoms with van der Waals surface area (Å²) in [5, 5.41) is 0. The number of aryl methyl sites for hydroxylation is 2. The quantitative estimate of drug-likeness (QED) is 0.666. The summed E-state index contributed by atoms with van der Waals surface area (Å²) in [6.45, 7) is 6.74. The van der Waals surface area contributed by atoms with Crippen LogP contribution < -0.4 is 4.90 Å². The second-order valence-corrected chi connectivity index (χ2v) is 7.17. The molecule has 1 saturated heterocycles. The number of carbonyl (C=O) groups is 1. The average molecular weight is 391 g/mol. The minimum atomic E-state index is 0.0721. The Labute approximate surface area is 170 Å². The minimum Gasteiger partial charge on any atom is -0.441 e. The lowest BCUT2D eigenvalue weighted by atomic mass is 10.1. The van der Waals surface area contributed by atoms with Gasteiger partial charge in [-0.25, -0.2) is 15.0 Å². The molecule has 3 aromatic rings. The largest absolute Gasteiger partial charge is 0.441 e. The summed E-state index contributed by atoms with van der Waals surface area (Å²) < 4.78 is 5.83. The van der Waals surface area contributed by atoms with Gasteiger partial charge in [0, 0.05) is 44.1 Å². The number of carbonyl (C=O) groups excluding carboxylic acids is 1. The van der Waals surface area contributed by atoms with Gasteiger partial charge < -0.3 is 14.2 Å². The minimum absolute atomic E-state index is 0.0721. The molecule has 1 aliphatic heterocycles. The SMILES string of the molecule is CCc1ccc(-c2nc(CC(=O)N3CCN(c4ncccn4)CC3)c(C)o2)cc1. The van der Waals surface area contributed by atoms with Crippen molar-refractivity contribution in [2.45, 2.75) is 26.7 Å². The lowest BCUT2D eigenvalue weighted by molar-refractivity contribution is -0.130. The summed E-state index contributed by atoms with van der Waals surface area (Å²) in [5.41, 5.74) is 2.91. The highest BCUT2D eigenvalue weighted by molar-refractivity contribution is 5.79. The van der Waals surface area contributed by atoms with Crippen molar-refractivity contribution >= 4 is 11.9 Å². The molecule has 29 heavy (non-hydrogen) atoms. The number of oxazole rings is 1. The molecule has 4 rings (SSSR count). The van der Waals surface area contributed by atoms with E-state index in [4.69, 9.17) is 4.42 Å². The first-order valence-corrected chi connectivity index (χ1v) is 9.99. The van der Waals surface area contributed by atoms with Crippen molar-refractivity contribution in [3.05, 3.63) is 59.7 Å². The van der Waals surface area contributed by atoms with Crippen LogP contribution in [0.4, 0.5) is 5.95 Å². The zero-order chi connectivity index (χ0) is 20.2. The molecule has 7 heteroatoms. The predicted octanol–water partition coefficient (Wildman–Crippen LogP) is 2.89. The second-order valence-electron chi connectivity index (χ2n) is 7.17. The number of piperazine rings is 1. The Hall–Kier alpha value is -3.22. The Balaban J connectivity index is 1.38. The first-order valence-electron chi connectivity index (χ1n) is 9.99. The second kappa shape index (κ2) is 8.43. The van der Waals surface area contributed by atoms with Gasteiger partial charge in [0.15, 0.2) is 0 Å². The normalized spacial score (nSPS) is 14.3. The lowest BCUT2D eigenvalue weighted by Crippen LogP contribution is -2.49. The fourth-order valence-electron chi connectivity index (χ4n) is 3.46. The molecule has 7 nitrogen and oxygen atoms in total. The van der Waals surface area contributed by atoms with Gasteiger partial charge in [-0.2, -0.15) is 0 Å². The Kier molecular flexibility index (Phi) is 5.55. The molecular formula is C22H25N5O2. The van der Waals surface area contributed by atoms with E-state index < -0.39 is 0 Å². The van der Waals surface area contributed by atoms with Gasteiger partial charge >= 0.3 is 0 Å².